The smallest absolute Gasteiger partial charge is 0.226 e. The van der Waals surface area contributed by atoms with Crippen LogP contribution in [0.2, 0.25) is 0 Å². The molecule has 154 valence electrons. The SMILES string of the molecule is O=C([C@H]1CCCN(C2CCN(Cc3cccnc3)CC2)C1)N1CCCCCC1. The van der Waals surface area contributed by atoms with Gasteiger partial charge in [-0.05, 0) is 69.8 Å². The zero-order chi connectivity index (χ0) is 19.2. The first-order valence-corrected chi connectivity index (χ1v) is 11.4. The molecular formula is C23H36N4O. The van der Waals surface area contributed by atoms with Crippen LogP contribution >= 0.6 is 0 Å². The zero-order valence-electron chi connectivity index (χ0n) is 17.3. The standard InChI is InChI=1S/C23H36N4O/c28-23(26-12-3-1-2-4-13-26)21-8-6-14-27(19-21)22-9-15-25(16-10-22)18-20-7-5-11-24-17-20/h5,7,11,17,21-22H,1-4,6,8-10,12-16,18-19H2/t21-/m0/s1. The molecule has 0 saturated carbocycles. The van der Waals surface area contributed by atoms with Crippen LogP contribution in [0.3, 0.4) is 0 Å². The lowest BCUT2D eigenvalue weighted by atomic mass is 9.92. The second-order valence-electron chi connectivity index (χ2n) is 8.94. The summed E-state index contributed by atoms with van der Waals surface area (Å²) < 4.78 is 0. The van der Waals surface area contributed by atoms with Crippen LogP contribution < -0.4 is 0 Å². The number of nitrogens with zero attached hydrogens (tertiary/aromatic N) is 4. The summed E-state index contributed by atoms with van der Waals surface area (Å²) in [5.74, 6) is 0.681. The Balaban J connectivity index is 1.26. The third-order valence-electron chi connectivity index (χ3n) is 6.92. The molecule has 4 rings (SSSR count). The number of rotatable bonds is 4. The van der Waals surface area contributed by atoms with E-state index in [-0.39, 0.29) is 5.92 Å². The lowest BCUT2D eigenvalue weighted by Gasteiger charge is -2.42. The molecular weight excluding hydrogens is 348 g/mol. The molecule has 1 aromatic rings. The fourth-order valence-electron chi connectivity index (χ4n) is 5.28. The Labute approximate surface area is 170 Å². The minimum atomic E-state index is 0.236. The minimum absolute atomic E-state index is 0.236. The van der Waals surface area contributed by atoms with Crippen molar-refractivity contribution in [3.05, 3.63) is 30.1 Å². The van der Waals surface area contributed by atoms with Crippen LogP contribution in [0.25, 0.3) is 0 Å². The predicted molar refractivity (Wildman–Crippen MR) is 112 cm³/mol. The number of hydrogen-bond acceptors (Lipinski definition) is 4. The Hall–Kier alpha value is -1.46. The number of likely N-dealkylation sites (tertiary alicyclic amines) is 3. The number of hydrogen-bond donors (Lipinski definition) is 0. The van der Waals surface area contributed by atoms with E-state index >= 15 is 0 Å². The van der Waals surface area contributed by atoms with Crippen LogP contribution in [0, 0.1) is 5.92 Å². The van der Waals surface area contributed by atoms with E-state index in [4.69, 9.17) is 0 Å². The van der Waals surface area contributed by atoms with Crippen LogP contribution in [0.4, 0.5) is 0 Å². The van der Waals surface area contributed by atoms with Gasteiger partial charge in [0.2, 0.25) is 5.91 Å². The van der Waals surface area contributed by atoms with Crippen LogP contribution in [0.15, 0.2) is 24.5 Å². The van der Waals surface area contributed by atoms with E-state index < -0.39 is 0 Å². The summed E-state index contributed by atoms with van der Waals surface area (Å²) in [5.41, 5.74) is 1.31. The summed E-state index contributed by atoms with van der Waals surface area (Å²) in [6, 6.07) is 4.85. The van der Waals surface area contributed by atoms with E-state index in [9.17, 15) is 4.79 Å². The van der Waals surface area contributed by atoms with E-state index in [0.717, 1.165) is 45.7 Å². The first-order valence-electron chi connectivity index (χ1n) is 11.4. The van der Waals surface area contributed by atoms with Crippen molar-refractivity contribution in [2.45, 2.75) is 64.0 Å². The number of amides is 1. The van der Waals surface area contributed by atoms with Gasteiger partial charge in [-0.2, -0.15) is 0 Å². The zero-order valence-corrected chi connectivity index (χ0v) is 17.3. The third kappa shape index (κ3) is 5.12. The van der Waals surface area contributed by atoms with E-state index in [1.165, 1.54) is 57.1 Å². The number of carbonyl (C=O) groups excluding carboxylic acids is 1. The van der Waals surface area contributed by atoms with Crippen molar-refractivity contribution in [2.24, 2.45) is 5.92 Å². The summed E-state index contributed by atoms with van der Waals surface area (Å²) in [6.07, 6.45) is 13.5. The Morgan fingerprint density at radius 3 is 2.46 bits per heavy atom. The van der Waals surface area contributed by atoms with Crippen molar-refractivity contribution in [3.63, 3.8) is 0 Å². The molecule has 0 spiro atoms. The first-order chi connectivity index (χ1) is 13.8. The fraction of sp³-hybridized carbons (Fsp3) is 0.739. The average Bonchev–Trinajstić information content (AvgIpc) is 3.04. The molecule has 0 unspecified atom stereocenters. The van der Waals surface area contributed by atoms with Gasteiger partial charge in [-0.3, -0.25) is 19.6 Å². The summed E-state index contributed by atoms with van der Waals surface area (Å²) in [5, 5.41) is 0. The van der Waals surface area contributed by atoms with E-state index in [2.05, 4.69) is 25.8 Å². The molecule has 0 bridgehead atoms. The summed E-state index contributed by atoms with van der Waals surface area (Å²) in [4.78, 5) is 24.7. The second-order valence-corrected chi connectivity index (χ2v) is 8.94. The van der Waals surface area contributed by atoms with Gasteiger partial charge in [0.25, 0.3) is 0 Å². The molecule has 0 aromatic carbocycles. The molecule has 3 saturated heterocycles. The fourth-order valence-corrected chi connectivity index (χ4v) is 5.28. The van der Waals surface area contributed by atoms with E-state index in [1.54, 1.807) is 0 Å². The summed E-state index contributed by atoms with van der Waals surface area (Å²) >= 11 is 0. The minimum Gasteiger partial charge on any atom is -0.342 e. The Morgan fingerprint density at radius 1 is 0.964 bits per heavy atom. The van der Waals surface area contributed by atoms with Gasteiger partial charge in [0.1, 0.15) is 0 Å². The highest BCUT2D eigenvalue weighted by Gasteiger charge is 2.33. The molecule has 1 atom stereocenters. The average molecular weight is 385 g/mol. The van der Waals surface area contributed by atoms with Gasteiger partial charge >= 0.3 is 0 Å². The van der Waals surface area contributed by atoms with Gasteiger partial charge in [0.05, 0.1) is 5.92 Å². The van der Waals surface area contributed by atoms with Crippen LogP contribution in [0.5, 0.6) is 0 Å². The topological polar surface area (TPSA) is 39.7 Å². The van der Waals surface area contributed by atoms with Crippen molar-refractivity contribution in [3.8, 4) is 0 Å². The monoisotopic (exact) mass is 384 g/mol. The van der Waals surface area contributed by atoms with Crippen molar-refractivity contribution < 1.29 is 4.79 Å². The van der Waals surface area contributed by atoms with Gasteiger partial charge in [-0.1, -0.05) is 18.9 Å². The van der Waals surface area contributed by atoms with Crippen LogP contribution in [-0.2, 0) is 11.3 Å². The highest BCUT2D eigenvalue weighted by atomic mass is 16.2. The summed E-state index contributed by atoms with van der Waals surface area (Å²) in [6.45, 7) is 7.46. The molecule has 3 aliphatic heterocycles. The molecule has 4 heterocycles. The van der Waals surface area contributed by atoms with Crippen molar-refractivity contribution in [1.82, 2.24) is 19.7 Å². The highest BCUT2D eigenvalue weighted by Crippen LogP contribution is 2.26. The molecule has 5 nitrogen and oxygen atoms in total. The molecule has 3 aliphatic rings. The van der Waals surface area contributed by atoms with Gasteiger partial charge in [0.15, 0.2) is 0 Å². The number of aromatic nitrogens is 1. The van der Waals surface area contributed by atoms with Crippen LogP contribution in [0.1, 0.15) is 56.9 Å². The van der Waals surface area contributed by atoms with Gasteiger partial charge < -0.3 is 4.90 Å². The highest BCUT2D eigenvalue weighted by molar-refractivity contribution is 5.79. The normalized spacial score (nSPS) is 26.1. The van der Waals surface area contributed by atoms with Gasteiger partial charge in [0, 0.05) is 44.6 Å². The Bertz CT molecular complexity index is 606. The van der Waals surface area contributed by atoms with E-state index in [0.29, 0.717) is 11.9 Å². The molecule has 0 radical (unpaired) electrons. The number of piperidine rings is 2. The molecule has 3 fully saturated rings. The quantitative estimate of drug-likeness (QED) is 0.799. The first kappa shape index (κ1) is 19.8. The second kappa shape index (κ2) is 9.84. The van der Waals surface area contributed by atoms with Crippen molar-refractivity contribution in [2.75, 3.05) is 39.3 Å². The largest absolute Gasteiger partial charge is 0.342 e. The molecule has 1 amide bonds. The number of pyridine rings is 1. The van der Waals surface area contributed by atoms with Gasteiger partial charge in [-0.25, -0.2) is 0 Å². The number of carbonyl (C=O) groups is 1. The maximum Gasteiger partial charge on any atom is 0.226 e. The maximum atomic E-state index is 13.1. The van der Waals surface area contributed by atoms with Crippen molar-refractivity contribution in [1.29, 1.82) is 0 Å². The lowest BCUT2D eigenvalue weighted by Crippen LogP contribution is -2.51. The maximum absolute atomic E-state index is 13.1. The Morgan fingerprint density at radius 2 is 1.75 bits per heavy atom. The molecule has 28 heavy (non-hydrogen) atoms. The summed E-state index contributed by atoms with van der Waals surface area (Å²) in [7, 11) is 0. The molecule has 5 heteroatoms. The van der Waals surface area contributed by atoms with Gasteiger partial charge in [-0.15, -0.1) is 0 Å². The van der Waals surface area contributed by atoms with Crippen molar-refractivity contribution >= 4 is 5.91 Å². The van der Waals surface area contributed by atoms with E-state index in [1.807, 2.05) is 18.5 Å². The predicted octanol–water partition coefficient (Wildman–Crippen LogP) is 3.16. The Kier molecular flexibility index (Phi) is 6.97. The third-order valence-corrected chi connectivity index (χ3v) is 6.92. The van der Waals surface area contributed by atoms with Crippen LogP contribution in [-0.4, -0.2) is 70.9 Å². The lowest BCUT2D eigenvalue weighted by molar-refractivity contribution is -0.137. The molecule has 1 aromatic heterocycles. The molecule has 0 N–H and O–H groups in total. The molecule has 0 aliphatic carbocycles.